The van der Waals surface area contributed by atoms with Gasteiger partial charge in [0.1, 0.15) is 0 Å². The Kier molecular flexibility index (Phi) is 4.99. The lowest BCUT2D eigenvalue weighted by atomic mass is 10.1. The predicted octanol–water partition coefficient (Wildman–Crippen LogP) is 3.21. The van der Waals surface area contributed by atoms with E-state index in [0.29, 0.717) is 6.54 Å². The van der Waals surface area contributed by atoms with Gasteiger partial charge in [-0.3, -0.25) is 0 Å². The van der Waals surface area contributed by atoms with Crippen LogP contribution < -0.4 is 10.6 Å². The van der Waals surface area contributed by atoms with E-state index in [1.54, 1.807) is 0 Å². The van der Waals surface area contributed by atoms with Crippen LogP contribution in [0.4, 0.5) is 5.69 Å². The van der Waals surface area contributed by atoms with Crippen LogP contribution in [0.2, 0.25) is 0 Å². The molecule has 2 rings (SSSR count). The van der Waals surface area contributed by atoms with Gasteiger partial charge in [-0.2, -0.15) is 0 Å². The molecule has 0 aromatic heterocycles. The molecule has 0 saturated carbocycles. The highest BCUT2D eigenvalue weighted by Crippen LogP contribution is 2.22. The van der Waals surface area contributed by atoms with E-state index in [0.717, 1.165) is 19.5 Å². The fraction of sp³-hybridized carbons (Fsp3) is 0.294. The molecule has 0 amide bonds. The second kappa shape index (κ2) is 6.95. The molecule has 0 aliphatic rings. The zero-order valence-corrected chi connectivity index (χ0v) is 11.5. The summed E-state index contributed by atoms with van der Waals surface area (Å²) in [7, 11) is 0. The molecule has 2 nitrogen and oxygen atoms in total. The number of para-hydroxylation sites is 1. The van der Waals surface area contributed by atoms with Gasteiger partial charge in [-0.1, -0.05) is 55.5 Å². The Morgan fingerprint density at radius 2 is 1.63 bits per heavy atom. The van der Waals surface area contributed by atoms with Gasteiger partial charge in [0.15, 0.2) is 0 Å². The van der Waals surface area contributed by atoms with Crippen LogP contribution >= 0.6 is 0 Å². The summed E-state index contributed by atoms with van der Waals surface area (Å²) in [6, 6.07) is 19.1. The van der Waals surface area contributed by atoms with E-state index in [4.69, 9.17) is 5.73 Å². The van der Waals surface area contributed by atoms with E-state index in [2.05, 4.69) is 66.4 Å². The lowest BCUT2D eigenvalue weighted by Gasteiger charge is -2.26. The Hall–Kier alpha value is -1.80. The number of nitrogens with two attached hydrogens (primary N) is 1. The van der Waals surface area contributed by atoms with Crippen molar-refractivity contribution in [2.45, 2.75) is 19.9 Å². The first-order valence-electron chi connectivity index (χ1n) is 6.92. The number of nitrogens with zero attached hydrogens (tertiary/aromatic N) is 1. The first-order chi connectivity index (χ1) is 9.35. The minimum Gasteiger partial charge on any atom is -0.366 e. The molecule has 0 heterocycles. The summed E-state index contributed by atoms with van der Waals surface area (Å²) >= 11 is 0. The van der Waals surface area contributed by atoms with Crippen LogP contribution in [0.15, 0.2) is 54.6 Å². The number of hydrogen-bond acceptors (Lipinski definition) is 2. The van der Waals surface area contributed by atoms with Crippen molar-refractivity contribution in [3.8, 4) is 0 Å². The molecule has 0 aliphatic heterocycles. The van der Waals surface area contributed by atoms with Crippen LogP contribution in [0.3, 0.4) is 0 Å². The molecule has 0 spiro atoms. The Labute approximate surface area is 115 Å². The van der Waals surface area contributed by atoms with Crippen molar-refractivity contribution in [1.82, 2.24) is 0 Å². The van der Waals surface area contributed by atoms with Crippen LogP contribution in [-0.4, -0.2) is 13.1 Å². The van der Waals surface area contributed by atoms with Crippen molar-refractivity contribution >= 4 is 5.69 Å². The quantitative estimate of drug-likeness (QED) is 0.857. The normalized spacial score (nSPS) is 10.4. The van der Waals surface area contributed by atoms with Crippen LogP contribution in [-0.2, 0) is 13.0 Å². The van der Waals surface area contributed by atoms with Gasteiger partial charge in [0.2, 0.25) is 0 Å². The van der Waals surface area contributed by atoms with Gasteiger partial charge in [-0.25, -0.2) is 0 Å². The minimum atomic E-state index is 0.672. The highest BCUT2D eigenvalue weighted by molar-refractivity contribution is 5.54. The van der Waals surface area contributed by atoms with Crippen molar-refractivity contribution < 1.29 is 0 Å². The summed E-state index contributed by atoms with van der Waals surface area (Å²) in [5.41, 5.74) is 9.78. The monoisotopic (exact) mass is 254 g/mol. The number of aryl methyl sites for hydroxylation is 1. The molecule has 0 radical (unpaired) electrons. The van der Waals surface area contributed by atoms with Gasteiger partial charge in [-0.15, -0.1) is 0 Å². The second-order valence-electron chi connectivity index (χ2n) is 4.68. The third kappa shape index (κ3) is 3.58. The van der Waals surface area contributed by atoms with Gasteiger partial charge in [0.05, 0.1) is 0 Å². The molecule has 19 heavy (non-hydrogen) atoms. The summed E-state index contributed by atoms with van der Waals surface area (Å²) in [6.07, 6.45) is 1.05. The zero-order valence-electron chi connectivity index (χ0n) is 11.5. The third-order valence-electron chi connectivity index (χ3n) is 3.33. The lowest BCUT2D eigenvalue weighted by molar-refractivity contribution is 0.784. The lowest BCUT2D eigenvalue weighted by Crippen LogP contribution is -2.29. The van der Waals surface area contributed by atoms with Crippen LogP contribution in [0, 0.1) is 0 Å². The Balaban J connectivity index is 2.24. The topological polar surface area (TPSA) is 29.3 Å². The van der Waals surface area contributed by atoms with Crippen LogP contribution in [0.25, 0.3) is 0 Å². The van der Waals surface area contributed by atoms with Crippen molar-refractivity contribution in [3.05, 3.63) is 65.7 Å². The smallest absolute Gasteiger partial charge is 0.0430 e. The van der Waals surface area contributed by atoms with E-state index >= 15 is 0 Å². The molecule has 0 atom stereocenters. The highest BCUT2D eigenvalue weighted by Gasteiger charge is 2.09. The van der Waals surface area contributed by atoms with E-state index in [1.165, 1.54) is 16.8 Å². The number of anilines is 1. The first-order valence-corrected chi connectivity index (χ1v) is 6.92. The SMILES string of the molecule is CCc1ccccc1N(CCN)Cc1ccccc1. The Morgan fingerprint density at radius 3 is 2.32 bits per heavy atom. The Morgan fingerprint density at radius 1 is 0.947 bits per heavy atom. The van der Waals surface area contributed by atoms with Crippen molar-refractivity contribution in [2.24, 2.45) is 5.73 Å². The van der Waals surface area contributed by atoms with Crippen molar-refractivity contribution in [1.29, 1.82) is 0 Å². The van der Waals surface area contributed by atoms with E-state index in [1.807, 2.05) is 0 Å². The molecule has 2 aromatic rings. The maximum Gasteiger partial charge on any atom is 0.0430 e. The molecule has 0 aliphatic carbocycles. The molecular formula is C17H22N2. The summed E-state index contributed by atoms with van der Waals surface area (Å²) in [6.45, 7) is 4.66. The number of hydrogen-bond donors (Lipinski definition) is 1. The molecule has 0 saturated heterocycles. The van der Waals surface area contributed by atoms with Gasteiger partial charge in [0, 0.05) is 25.3 Å². The Bertz CT molecular complexity index is 494. The third-order valence-corrected chi connectivity index (χ3v) is 3.33. The van der Waals surface area contributed by atoms with Gasteiger partial charge in [-0.05, 0) is 23.6 Å². The van der Waals surface area contributed by atoms with E-state index in [9.17, 15) is 0 Å². The molecule has 0 bridgehead atoms. The molecule has 2 heteroatoms. The van der Waals surface area contributed by atoms with Gasteiger partial charge >= 0.3 is 0 Å². The van der Waals surface area contributed by atoms with Crippen molar-refractivity contribution in [2.75, 3.05) is 18.0 Å². The maximum atomic E-state index is 5.77. The molecule has 0 unspecified atom stereocenters. The van der Waals surface area contributed by atoms with Crippen LogP contribution in [0.5, 0.6) is 0 Å². The first kappa shape index (κ1) is 13.6. The fourth-order valence-electron chi connectivity index (χ4n) is 2.36. The number of benzene rings is 2. The zero-order chi connectivity index (χ0) is 13.5. The van der Waals surface area contributed by atoms with E-state index in [-0.39, 0.29) is 0 Å². The predicted molar refractivity (Wildman–Crippen MR) is 82.4 cm³/mol. The fourth-order valence-corrected chi connectivity index (χ4v) is 2.36. The molecule has 0 fully saturated rings. The average Bonchev–Trinajstić information content (AvgIpc) is 2.48. The van der Waals surface area contributed by atoms with Gasteiger partial charge < -0.3 is 10.6 Å². The summed E-state index contributed by atoms with van der Waals surface area (Å²) in [4.78, 5) is 2.37. The van der Waals surface area contributed by atoms with E-state index < -0.39 is 0 Å². The van der Waals surface area contributed by atoms with Crippen molar-refractivity contribution in [3.63, 3.8) is 0 Å². The largest absolute Gasteiger partial charge is 0.366 e. The molecule has 2 aromatic carbocycles. The highest BCUT2D eigenvalue weighted by atomic mass is 15.1. The molecule has 100 valence electrons. The summed E-state index contributed by atoms with van der Waals surface area (Å²) < 4.78 is 0. The second-order valence-corrected chi connectivity index (χ2v) is 4.68. The molecular weight excluding hydrogens is 232 g/mol. The summed E-state index contributed by atoms with van der Waals surface area (Å²) in [5.74, 6) is 0. The average molecular weight is 254 g/mol. The van der Waals surface area contributed by atoms with Crippen LogP contribution in [0.1, 0.15) is 18.1 Å². The minimum absolute atomic E-state index is 0.672. The van der Waals surface area contributed by atoms with Gasteiger partial charge in [0.25, 0.3) is 0 Å². The number of rotatable bonds is 6. The molecule has 2 N–H and O–H groups in total. The summed E-state index contributed by atoms with van der Waals surface area (Å²) in [5, 5.41) is 0. The maximum absolute atomic E-state index is 5.77. The standard InChI is InChI=1S/C17H22N2/c1-2-16-10-6-7-11-17(16)19(13-12-18)14-15-8-4-3-5-9-15/h3-11H,2,12-14,18H2,1H3.